The number of alkyl halides is 3. The van der Waals surface area contributed by atoms with Crippen LogP contribution in [0.1, 0.15) is 5.56 Å². The second-order valence-electron chi connectivity index (χ2n) is 3.22. The first-order valence-electron chi connectivity index (χ1n) is 4.28. The van der Waals surface area contributed by atoms with Gasteiger partial charge in [-0.1, -0.05) is 11.6 Å². The molecular formula is C10H5ClF3NO. The lowest BCUT2D eigenvalue weighted by molar-refractivity contribution is -0.137. The number of benzene rings is 1. The number of hydrogen-bond donors (Lipinski definition) is 1. The van der Waals surface area contributed by atoms with E-state index < -0.39 is 22.3 Å². The molecule has 0 unspecified atom stereocenters. The van der Waals surface area contributed by atoms with Crippen LogP contribution in [0.4, 0.5) is 13.2 Å². The fourth-order valence-electron chi connectivity index (χ4n) is 1.43. The van der Waals surface area contributed by atoms with Gasteiger partial charge < -0.3 is 4.98 Å². The zero-order chi connectivity index (χ0) is 11.9. The van der Waals surface area contributed by atoms with Crippen LogP contribution in [0.5, 0.6) is 0 Å². The summed E-state index contributed by atoms with van der Waals surface area (Å²) in [6.45, 7) is 0. The minimum absolute atomic E-state index is 0.139. The molecule has 0 amide bonds. The van der Waals surface area contributed by atoms with Crippen molar-refractivity contribution in [1.29, 1.82) is 0 Å². The van der Waals surface area contributed by atoms with Gasteiger partial charge in [-0.2, -0.15) is 13.2 Å². The number of nitrogens with one attached hydrogen (secondary N) is 1. The smallest absolute Gasteiger partial charge is 0.329 e. The molecule has 2 nitrogen and oxygen atoms in total. The highest BCUT2D eigenvalue weighted by molar-refractivity contribution is 6.32. The molecule has 6 heteroatoms. The van der Waals surface area contributed by atoms with Crippen molar-refractivity contribution in [3.63, 3.8) is 0 Å². The maximum absolute atomic E-state index is 12.5. The van der Waals surface area contributed by atoms with Gasteiger partial charge in [-0.05, 0) is 23.6 Å². The van der Waals surface area contributed by atoms with Crippen LogP contribution in [0.3, 0.4) is 0 Å². The minimum atomic E-state index is -4.52. The zero-order valence-corrected chi connectivity index (χ0v) is 8.49. The molecule has 0 bridgehead atoms. The molecule has 0 aliphatic rings. The molecule has 0 aliphatic carbocycles. The third-order valence-corrected chi connectivity index (χ3v) is 2.48. The van der Waals surface area contributed by atoms with Gasteiger partial charge in [0.15, 0.2) is 0 Å². The Morgan fingerprint density at radius 1 is 1.25 bits per heavy atom. The van der Waals surface area contributed by atoms with Crippen molar-refractivity contribution >= 4 is 22.4 Å². The molecule has 0 radical (unpaired) electrons. The molecule has 1 aromatic carbocycles. The number of rotatable bonds is 0. The van der Waals surface area contributed by atoms with Crippen molar-refractivity contribution in [2.75, 3.05) is 0 Å². The summed E-state index contributed by atoms with van der Waals surface area (Å²) in [7, 11) is 0. The van der Waals surface area contributed by atoms with Gasteiger partial charge >= 0.3 is 6.18 Å². The molecule has 2 aromatic rings. The van der Waals surface area contributed by atoms with Gasteiger partial charge in [-0.3, -0.25) is 4.79 Å². The van der Waals surface area contributed by atoms with Crippen molar-refractivity contribution < 1.29 is 13.2 Å². The van der Waals surface area contributed by atoms with E-state index in [1.807, 2.05) is 0 Å². The molecular weight excluding hydrogens is 243 g/mol. The highest BCUT2D eigenvalue weighted by atomic mass is 35.5. The van der Waals surface area contributed by atoms with Crippen LogP contribution < -0.4 is 5.56 Å². The largest absolute Gasteiger partial charge is 0.417 e. The number of halogens is 4. The quantitative estimate of drug-likeness (QED) is 0.762. The van der Waals surface area contributed by atoms with E-state index in [-0.39, 0.29) is 10.8 Å². The lowest BCUT2D eigenvalue weighted by Gasteiger charge is -2.09. The standard InChI is InChI=1S/C10H5ClF3NO/c11-8-4-6-5(1-2-15-9(6)16)3-7(8)10(12,13)14/h1-4H,(H,15,16). The van der Waals surface area contributed by atoms with E-state index in [1.54, 1.807) is 0 Å². The minimum Gasteiger partial charge on any atom is -0.329 e. The fourth-order valence-corrected chi connectivity index (χ4v) is 1.70. The Labute approximate surface area is 92.7 Å². The molecule has 16 heavy (non-hydrogen) atoms. The summed E-state index contributed by atoms with van der Waals surface area (Å²) in [5.74, 6) is 0. The van der Waals surface area contributed by atoms with E-state index in [1.165, 1.54) is 12.3 Å². The lowest BCUT2D eigenvalue weighted by Crippen LogP contribution is -2.09. The van der Waals surface area contributed by atoms with Gasteiger partial charge in [0, 0.05) is 11.6 Å². The Morgan fingerprint density at radius 2 is 1.94 bits per heavy atom. The second-order valence-corrected chi connectivity index (χ2v) is 3.63. The maximum Gasteiger partial charge on any atom is 0.417 e. The molecule has 0 atom stereocenters. The Balaban J connectivity index is 2.83. The van der Waals surface area contributed by atoms with E-state index in [9.17, 15) is 18.0 Å². The van der Waals surface area contributed by atoms with E-state index in [0.29, 0.717) is 0 Å². The number of pyridine rings is 1. The summed E-state index contributed by atoms with van der Waals surface area (Å²) in [4.78, 5) is 13.7. The average molecular weight is 248 g/mol. The Hall–Kier alpha value is -1.49. The molecule has 0 saturated carbocycles. The van der Waals surface area contributed by atoms with Crippen molar-refractivity contribution in [3.8, 4) is 0 Å². The SMILES string of the molecule is O=c1[nH]ccc2cc(C(F)(F)F)c(Cl)cc12. The Kier molecular flexibility index (Phi) is 2.42. The normalized spacial score (nSPS) is 12.0. The molecule has 0 aliphatic heterocycles. The molecule has 0 fully saturated rings. The van der Waals surface area contributed by atoms with Gasteiger partial charge in [0.05, 0.1) is 10.6 Å². The first-order chi connectivity index (χ1) is 7.39. The van der Waals surface area contributed by atoms with Crippen molar-refractivity contribution in [3.05, 3.63) is 45.3 Å². The van der Waals surface area contributed by atoms with Crippen LogP contribution in [0.15, 0.2) is 29.2 Å². The molecule has 1 aromatic heterocycles. The van der Waals surface area contributed by atoms with E-state index in [0.717, 1.165) is 12.1 Å². The summed E-state index contributed by atoms with van der Waals surface area (Å²) < 4.78 is 37.5. The summed E-state index contributed by atoms with van der Waals surface area (Å²) in [5, 5.41) is -0.127. The second kappa shape index (κ2) is 3.52. The van der Waals surface area contributed by atoms with Crippen molar-refractivity contribution in [2.45, 2.75) is 6.18 Å². The van der Waals surface area contributed by atoms with Gasteiger partial charge in [-0.25, -0.2) is 0 Å². The highest BCUT2D eigenvalue weighted by Gasteiger charge is 2.33. The van der Waals surface area contributed by atoms with Crippen molar-refractivity contribution in [1.82, 2.24) is 4.98 Å². The summed E-state index contributed by atoms with van der Waals surface area (Å²) in [6, 6.07) is 3.29. The van der Waals surface area contributed by atoms with Crippen LogP contribution in [-0.4, -0.2) is 4.98 Å². The van der Waals surface area contributed by atoms with Crippen LogP contribution >= 0.6 is 11.6 Å². The molecule has 0 spiro atoms. The highest BCUT2D eigenvalue weighted by Crippen LogP contribution is 2.36. The van der Waals surface area contributed by atoms with Crippen LogP contribution in [0.2, 0.25) is 5.02 Å². The number of aromatic amines is 1. The predicted octanol–water partition coefficient (Wildman–Crippen LogP) is 3.20. The predicted molar refractivity (Wildman–Crippen MR) is 54.6 cm³/mol. The first kappa shape index (κ1) is 11.0. The van der Waals surface area contributed by atoms with Gasteiger partial charge in [0.25, 0.3) is 5.56 Å². The van der Waals surface area contributed by atoms with Crippen molar-refractivity contribution in [2.24, 2.45) is 0 Å². The maximum atomic E-state index is 12.5. The molecule has 2 rings (SSSR count). The molecule has 1 heterocycles. The van der Waals surface area contributed by atoms with Gasteiger partial charge in [-0.15, -0.1) is 0 Å². The van der Waals surface area contributed by atoms with E-state index in [4.69, 9.17) is 11.6 Å². The molecule has 84 valence electrons. The average Bonchev–Trinajstić information content (AvgIpc) is 2.17. The summed E-state index contributed by atoms with van der Waals surface area (Å²) >= 11 is 5.49. The monoisotopic (exact) mass is 247 g/mol. The Morgan fingerprint density at radius 3 is 2.56 bits per heavy atom. The van der Waals surface area contributed by atoms with E-state index >= 15 is 0 Å². The molecule has 1 N–H and O–H groups in total. The van der Waals surface area contributed by atoms with Crippen LogP contribution in [0, 0.1) is 0 Å². The summed E-state index contributed by atoms with van der Waals surface area (Å²) in [5.41, 5.74) is -1.40. The number of hydrogen-bond acceptors (Lipinski definition) is 1. The third-order valence-electron chi connectivity index (χ3n) is 2.17. The van der Waals surface area contributed by atoms with Gasteiger partial charge in [0.1, 0.15) is 0 Å². The fraction of sp³-hybridized carbons (Fsp3) is 0.100. The lowest BCUT2D eigenvalue weighted by atomic mass is 10.1. The Bertz CT molecular complexity index is 603. The number of fused-ring (bicyclic) bond motifs is 1. The number of aromatic nitrogens is 1. The summed E-state index contributed by atoms with van der Waals surface area (Å²) in [6.07, 6.45) is -3.23. The first-order valence-corrected chi connectivity index (χ1v) is 4.65. The topological polar surface area (TPSA) is 32.9 Å². The van der Waals surface area contributed by atoms with E-state index in [2.05, 4.69) is 4.98 Å². The zero-order valence-electron chi connectivity index (χ0n) is 7.73. The molecule has 0 saturated heterocycles. The van der Waals surface area contributed by atoms with Crippen LogP contribution in [-0.2, 0) is 6.18 Å². The third kappa shape index (κ3) is 1.78. The van der Waals surface area contributed by atoms with Crippen LogP contribution in [0.25, 0.3) is 10.8 Å². The number of H-pyrrole nitrogens is 1. The van der Waals surface area contributed by atoms with Gasteiger partial charge in [0.2, 0.25) is 0 Å².